The number of anilines is 1. The molecule has 2 aliphatic rings. The van der Waals surface area contributed by atoms with Crippen LogP contribution >= 0.6 is 11.6 Å². The Morgan fingerprint density at radius 3 is 2.13 bits per heavy atom. The van der Waals surface area contributed by atoms with Crippen molar-refractivity contribution in [3.63, 3.8) is 0 Å². The van der Waals surface area contributed by atoms with Crippen LogP contribution in [0.5, 0.6) is 0 Å². The Hall–Kier alpha value is -3.15. The number of imide groups is 1. The lowest BCUT2D eigenvalue weighted by atomic mass is 9.90. The number of benzene rings is 3. The van der Waals surface area contributed by atoms with E-state index in [1.807, 2.05) is 78.9 Å². The Balaban J connectivity index is 1.54. The largest absolute Gasteiger partial charge is 0.275 e. The van der Waals surface area contributed by atoms with E-state index in [0.717, 1.165) is 16.8 Å². The Bertz CT molecular complexity index is 1090. The standard InChI is InChI=1S/C24H19ClN2O3/c25-19-14-8-7-13-18(19)21-20-22(30-27(21)17-11-5-2-6-12-17)24(29)26(23(20)28)15-16-9-3-1-4-10-16/h1-14,20-22H,15H2/t20-,21-,22+/m0/s1. The van der Waals surface area contributed by atoms with Gasteiger partial charge < -0.3 is 0 Å². The summed E-state index contributed by atoms with van der Waals surface area (Å²) < 4.78 is 0. The third-order valence-electron chi connectivity index (χ3n) is 5.62. The minimum absolute atomic E-state index is 0.232. The number of carbonyl (C=O) groups excluding carboxylic acids is 2. The number of para-hydroxylation sites is 1. The second-order valence-electron chi connectivity index (χ2n) is 7.43. The maximum absolute atomic E-state index is 13.4. The van der Waals surface area contributed by atoms with Crippen LogP contribution in [0.4, 0.5) is 5.69 Å². The molecule has 0 aliphatic carbocycles. The van der Waals surface area contributed by atoms with E-state index in [1.54, 1.807) is 11.1 Å². The van der Waals surface area contributed by atoms with Crippen LogP contribution in [0.25, 0.3) is 0 Å². The fourth-order valence-corrected chi connectivity index (χ4v) is 4.47. The number of halogens is 1. The van der Waals surface area contributed by atoms with Crippen molar-refractivity contribution in [3.05, 3.63) is 101 Å². The van der Waals surface area contributed by atoms with Crippen LogP contribution in [0.3, 0.4) is 0 Å². The van der Waals surface area contributed by atoms with E-state index in [1.165, 1.54) is 4.90 Å². The molecule has 5 rings (SSSR count). The van der Waals surface area contributed by atoms with E-state index in [0.29, 0.717) is 5.02 Å². The number of amides is 2. The second kappa shape index (κ2) is 7.59. The van der Waals surface area contributed by atoms with E-state index in [4.69, 9.17) is 16.4 Å². The summed E-state index contributed by atoms with van der Waals surface area (Å²) in [6.07, 6.45) is -0.873. The van der Waals surface area contributed by atoms with Gasteiger partial charge in [0.2, 0.25) is 5.91 Å². The van der Waals surface area contributed by atoms with Crippen LogP contribution < -0.4 is 5.06 Å². The number of hydroxylamine groups is 1. The summed E-state index contributed by atoms with van der Waals surface area (Å²) in [6, 6.07) is 25.8. The van der Waals surface area contributed by atoms with Gasteiger partial charge >= 0.3 is 0 Å². The van der Waals surface area contributed by atoms with Crippen molar-refractivity contribution < 1.29 is 14.4 Å². The molecule has 2 amide bonds. The highest BCUT2D eigenvalue weighted by Gasteiger charge is 2.60. The highest BCUT2D eigenvalue weighted by Crippen LogP contribution is 2.48. The fourth-order valence-electron chi connectivity index (χ4n) is 4.22. The average molecular weight is 419 g/mol. The summed E-state index contributed by atoms with van der Waals surface area (Å²) in [5.74, 6) is -1.22. The van der Waals surface area contributed by atoms with E-state index >= 15 is 0 Å². The minimum atomic E-state index is -0.873. The van der Waals surface area contributed by atoms with Gasteiger partial charge in [-0.15, -0.1) is 0 Å². The molecule has 0 aromatic heterocycles. The first-order valence-electron chi connectivity index (χ1n) is 9.80. The summed E-state index contributed by atoms with van der Waals surface area (Å²) in [5.41, 5.74) is 2.43. The van der Waals surface area contributed by atoms with Gasteiger partial charge in [-0.05, 0) is 29.3 Å². The summed E-state index contributed by atoms with van der Waals surface area (Å²) in [7, 11) is 0. The zero-order valence-electron chi connectivity index (χ0n) is 16.0. The van der Waals surface area contributed by atoms with E-state index in [-0.39, 0.29) is 18.4 Å². The normalized spacial score (nSPS) is 23.2. The molecule has 6 heteroatoms. The van der Waals surface area contributed by atoms with Crippen LogP contribution in [-0.2, 0) is 21.0 Å². The molecule has 0 N–H and O–H groups in total. The molecule has 0 saturated carbocycles. The SMILES string of the molecule is O=C1[C@@H]2[C@@H](ON(c3ccccc3)[C@H]2c2ccccc2Cl)C(=O)N1Cc1ccccc1. The highest BCUT2D eigenvalue weighted by molar-refractivity contribution is 6.31. The lowest BCUT2D eigenvalue weighted by Gasteiger charge is -2.29. The molecule has 2 fully saturated rings. The van der Waals surface area contributed by atoms with E-state index < -0.39 is 18.1 Å². The molecular weight excluding hydrogens is 400 g/mol. The van der Waals surface area contributed by atoms with Gasteiger partial charge in [0.1, 0.15) is 5.92 Å². The van der Waals surface area contributed by atoms with Crippen molar-refractivity contribution in [2.24, 2.45) is 5.92 Å². The molecule has 0 bridgehead atoms. The van der Waals surface area contributed by atoms with Gasteiger partial charge in [-0.25, -0.2) is 5.06 Å². The van der Waals surface area contributed by atoms with Crippen LogP contribution in [0, 0.1) is 5.92 Å². The smallest absolute Gasteiger partial charge is 0.262 e. The van der Waals surface area contributed by atoms with Crippen LogP contribution in [-0.4, -0.2) is 22.8 Å². The summed E-state index contributed by atoms with van der Waals surface area (Å²) >= 11 is 6.51. The van der Waals surface area contributed by atoms with Crippen LogP contribution in [0.1, 0.15) is 17.2 Å². The number of hydrogen-bond acceptors (Lipinski definition) is 4. The first-order valence-corrected chi connectivity index (χ1v) is 10.2. The van der Waals surface area contributed by atoms with Gasteiger partial charge in [-0.3, -0.25) is 19.3 Å². The summed E-state index contributed by atoms with van der Waals surface area (Å²) in [6.45, 7) is 0.232. The number of rotatable bonds is 4. The molecular formula is C24H19ClN2O3. The summed E-state index contributed by atoms with van der Waals surface area (Å²) in [5, 5.41) is 2.20. The number of fused-ring (bicyclic) bond motifs is 1. The average Bonchev–Trinajstić information content (AvgIpc) is 3.27. The Morgan fingerprint density at radius 1 is 0.800 bits per heavy atom. The van der Waals surface area contributed by atoms with E-state index in [9.17, 15) is 9.59 Å². The number of nitrogens with zero attached hydrogens (tertiary/aromatic N) is 2. The van der Waals surface area contributed by atoms with Gasteiger partial charge in [0.15, 0.2) is 6.10 Å². The number of hydrogen-bond donors (Lipinski definition) is 0. The molecule has 5 nitrogen and oxygen atoms in total. The van der Waals surface area contributed by atoms with Gasteiger partial charge in [0, 0.05) is 5.02 Å². The third-order valence-corrected chi connectivity index (χ3v) is 5.97. The monoisotopic (exact) mass is 418 g/mol. The second-order valence-corrected chi connectivity index (χ2v) is 7.83. The maximum atomic E-state index is 13.4. The fraction of sp³-hybridized carbons (Fsp3) is 0.167. The van der Waals surface area contributed by atoms with Gasteiger partial charge in [-0.2, -0.15) is 0 Å². The summed E-state index contributed by atoms with van der Waals surface area (Å²) in [4.78, 5) is 34.0. The lowest BCUT2D eigenvalue weighted by molar-refractivity contribution is -0.143. The van der Waals surface area contributed by atoms with Crippen molar-refractivity contribution in [1.29, 1.82) is 0 Å². The highest BCUT2D eigenvalue weighted by atomic mass is 35.5. The molecule has 2 saturated heterocycles. The molecule has 0 spiro atoms. The van der Waals surface area contributed by atoms with Gasteiger partial charge in [-0.1, -0.05) is 78.3 Å². The Kier molecular flexibility index (Phi) is 4.77. The quantitative estimate of drug-likeness (QED) is 0.590. The first kappa shape index (κ1) is 18.9. The lowest BCUT2D eigenvalue weighted by Crippen LogP contribution is -2.37. The van der Waals surface area contributed by atoms with Crippen molar-refractivity contribution >= 4 is 29.1 Å². The number of carbonyl (C=O) groups is 2. The minimum Gasteiger partial charge on any atom is -0.275 e. The van der Waals surface area contributed by atoms with E-state index in [2.05, 4.69) is 0 Å². The van der Waals surface area contributed by atoms with Gasteiger partial charge in [0.25, 0.3) is 5.91 Å². The number of likely N-dealkylation sites (tertiary alicyclic amines) is 1. The maximum Gasteiger partial charge on any atom is 0.262 e. The zero-order valence-corrected chi connectivity index (χ0v) is 16.8. The first-order chi connectivity index (χ1) is 14.6. The predicted molar refractivity (Wildman–Crippen MR) is 113 cm³/mol. The van der Waals surface area contributed by atoms with Crippen LogP contribution in [0.2, 0.25) is 5.02 Å². The third kappa shape index (κ3) is 3.07. The van der Waals surface area contributed by atoms with Crippen LogP contribution in [0.15, 0.2) is 84.9 Å². The molecule has 0 radical (unpaired) electrons. The van der Waals surface area contributed by atoms with Crippen molar-refractivity contribution in [3.8, 4) is 0 Å². The molecule has 2 heterocycles. The zero-order chi connectivity index (χ0) is 20.7. The van der Waals surface area contributed by atoms with Crippen molar-refractivity contribution in [2.45, 2.75) is 18.7 Å². The molecule has 3 aromatic carbocycles. The Morgan fingerprint density at radius 2 is 1.43 bits per heavy atom. The Labute approximate surface area is 179 Å². The molecule has 2 aliphatic heterocycles. The molecule has 0 unspecified atom stereocenters. The topological polar surface area (TPSA) is 49.9 Å². The molecule has 150 valence electrons. The van der Waals surface area contributed by atoms with Gasteiger partial charge in [0.05, 0.1) is 18.3 Å². The van der Waals surface area contributed by atoms with Crippen molar-refractivity contribution in [1.82, 2.24) is 4.90 Å². The van der Waals surface area contributed by atoms with Crippen molar-refractivity contribution in [2.75, 3.05) is 5.06 Å². The molecule has 3 aromatic rings. The predicted octanol–water partition coefficient (Wildman–Crippen LogP) is 4.39. The molecule has 3 atom stereocenters. The molecule has 30 heavy (non-hydrogen) atoms.